The molecule has 0 unspecified atom stereocenters. The number of carbonyl (C=O) groups is 1. The molecule has 0 aliphatic carbocycles. The van der Waals surface area contributed by atoms with Crippen molar-refractivity contribution in [3.05, 3.63) is 47.5 Å². The zero-order valence-electron chi connectivity index (χ0n) is 14.6. The molecule has 2 atom stereocenters. The van der Waals surface area contributed by atoms with Gasteiger partial charge in [-0.3, -0.25) is 19.5 Å². The van der Waals surface area contributed by atoms with E-state index in [0.29, 0.717) is 6.54 Å². The maximum atomic E-state index is 12.2. The van der Waals surface area contributed by atoms with Crippen LogP contribution in [0.3, 0.4) is 0 Å². The molecule has 4 rings (SSSR count). The molecule has 0 N–H and O–H groups in total. The van der Waals surface area contributed by atoms with Gasteiger partial charge in [-0.05, 0) is 26.0 Å². The van der Waals surface area contributed by atoms with E-state index in [9.17, 15) is 4.79 Å². The molecular formula is C18H23N5O2. The van der Waals surface area contributed by atoms with E-state index in [1.165, 1.54) is 11.3 Å². The summed E-state index contributed by atoms with van der Waals surface area (Å²) < 4.78 is 7.60. The second kappa shape index (κ2) is 6.48. The molecule has 1 amide bonds. The van der Waals surface area contributed by atoms with Crippen LogP contribution in [0.15, 0.2) is 30.6 Å². The largest absolute Gasteiger partial charge is 0.442 e. The second-order valence-electron chi connectivity index (χ2n) is 6.70. The Morgan fingerprint density at radius 2 is 2.16 bits per heavy atom. The molecule has 25 heavy (non-hydrogen) atoms. The number of amides is 1. The molecule has 0 bridgehead atoms. The van der Waals surface area contributed by atoms with Gasteiger partial charge in [0, 0.05) is 43.6 Å². The van der Waals surface area contributed by atoms with Gasteiger partial charge < -0.3 is 4.74 Å². The molecule has 2 aliphatic rings. The number of hydrogen-bond donors (Lipinski definition) is 0. The molecule has 2 saturated heterocycles. The lowest BCUT2D eigenvalue weighted by Gasteiger charge is -2.22. The van der Waals surface area contributed by atoms with Crippen LogP contribution in [-0.4, -0.2) is 55.9 Å². The molecule has 2 aliphatic heterocycles. The van der Waals surface area contributed by atoms with E-state index in [1.807, 2.05) is 34.0 Å². The smallest absolute Gasteiger partial charge is 0.410 e. The minimum Gasteiger partial charge on any atom is -0.442 e. The predicted molar refractivity (Wildman–Crippen MR) is 91.8 cm³/mol. The number of rotatable bonds is 5. The molecule has 7 heteroatoms. The number of aromatic nitrogens is 3. The highest BCUT2D eigenvalue weighted by atomic mass is 16.6. The summed E-state index contributed by atoms with van der Waals surface area (Å²) in [5.74, 6) is 0. The fraction of sp³-hybridized carbons (Fsp3) is 0.500. The van der Waals surface area contributed by atoms with E-state index in [2.05, 4.69) is 28.8 Å². The van der Waals surface area contributed by atoms with Crippen LogP contribution < -0.4 is 0 Å². The first-order chi connectivity index (χ1) is 12.2. The van der Waals surface area contributed by atoms with E-state index in [4.69, 9.17) is 4.74 Å². The summed E-state index contributed by atoms with van der Waals surface area (Å²) in [5.41, 5.74) is 3.34. The van der Waals surface area contributed by atoms with E-state index in [0.717, 1.165) is 31.9 Å². The first-order valence-electron chi connectivity index (χ1n) is 8.76. The highest BCUT2D eigenvalue weighted by molar-refractivity contribution is 5.71. The van der Waals surface area contributed by atoms with E-state index in [1.54, 1.807) is 6.20 Å². The molecule has 2 aromatic heterocycles. The van der Waals surface area contributed by atoms with Crippen LogP contribution in [0.2, 0.25) is 0 Å². The SMILES string of the molecule is CCn1ncc(CN2C[C@@H]3OC(=O)N(Cc4ccccn4)[C@@H]3C2)c1C. The number of hydrogen-bond acceptors (Lipinski definition) is 5. The van der Waals surface area contributed by atoms with Crippen molar-refractivity contribution < 1.29 is 9.53 Å². The third-order valence-corrected chi connectivity index (χ3v) is 5.16. The van der Waals surface area contributed by atoms with Gasteiger partial charge in [0.1, 0.15) is 6.10 Å². The lowest BCUT2D eigenvalue weighted by Crippen LogP contribution is -2.37. The zero-order valence-corrected chi connectivity index (χ0v) is 14.6. The van der Waals surface area contributed by atoms with Crippen LogP contribution in [0.4, 0.5) is 4.79 Å². The van der Waals surface area contributed by atoms with E-state index >= 15 is 0 Å². The topological polar surface area (TPSA) is 63.5 Å². The van der Waals surface area contributed by atoms with Crippen molar-refractivity contribution in [1.29, 1.82) is 0 Å². The molecule has 0 radical (unpaired) electrons. The van der Waals surface area contributed by atoms with Crippen LogP contribution in [0, 0.1) is 6.92 Å². The fourth-order valence-corrected chi connectivity index (χ4v) is 3.76. The van der Waals surface area contributed by atoms with Crippen molar-refractivity contribution in [1.82, 2.24) is 24.6 Å². The molecule has 132 valence electrons. The Kier molecular flexibility index (Phi) is 4.17. The van der Waals surface area contributed by atoms with Gasteiger partial charge in [-0.1, -0.05) is 6.07 Å². The van der Waals surface area contributed by atoms with Gasteiger partial charge in [0.15, 0.2) is 0 Å². The van der Waals surface area contributed by atoms with E-state index in [-0.39, 0.29) is 18.2 Å². The molecule has 7 nitrogen and oxygen atoms in total. The standard InChI is InChI=1S/C18H23N5O2/c1-3-23-13(2)14(8-20-23)9-21-11-16-17(12-21)25-18(24)22(16)10-15-6-4-5-7-19-15/h4-8,16-17H,3,9-12H2,1-2H3/t16-,17+/m1/s1. The normalized spacial score (nSPS) is 23.1. The molecule has 2 aromatic rings. The molecule has 4 heterocycles. The van der Waals surface area contributed by atoms with Gasteiger partial charge in [-0.25, -0.2) is 4.79 Å². The van der Waals surface area contributed by atoms with Crippen LogP contribution in [0.25, 0.3) is 0 Å². The first kappa shape index (κ1) is 16.1. The van der Waals surface area contributed by atoms with Gasteiger partial charge >= 0.3 is 6.09 Å². The Hall–Kier alpha value is -2.41. The Morgan fingerprint density at radius 1 is 1.28 bits per heavy atom. The highest BCUT2D eigenvalue weighted by Crippen LogP contribution is 2.29. The number of ether oxygens (including phenoxy) is 1. The highest BCUT2D eigenvalue weighted by Gasteiger charge is 2.47. The zero-order chi connectivity index (χ0) is 17.4. The lowest BCUT2D eigenvalue weighted by molar-refractivity contribution is 0.119. The van der Waals surface area contributed by atoms with Gasteiger partial charge in [0.05, 0.1) is 24.5 Å². The summed E-state index contributed by atoms with van der Waals surface area (Å²) in [6, 6.07) is 5.85. The van der Waals surface area contributed by atoms with Gasteiger partial charge in [0.2, 0.25) is 0 Å². The summed E-state index contributed by atoms with van der Waals surface area (Å²) in [5, 5.41) is 4.42. The van der Waals surface area contributed by atoms with Gasteiger partial charge in [0.25, 0.3) is 0 Å². The Morgan fingerprint density at radius 3 is 2.88 bits per heavy atom. The minimum absolute atomic E-state index is 0.0576. The van der Waals surface area contributed by atoms with Crippen LogP contribution in [-0.2, 0) is 24.4 Å². The van der Waals surface area contributed by atoms with Crippen molar-refractivity contribution >= 4 is 6.09 Å². The number of pyridine rings is 1. The number of fused-ring (bicyclic) bond motifs is 1. The van der Waals surface area contributed by atoms with E-state index < -0.39 is 0 Å². The van der Waals surface area contributed by atoms with Crippen molar-refractivity contribution in [3.63, 3.8) is 0 Å². The third kappa shape index (κ3) is 3.00. The van der Waals surface area contributed by atoms with Crippen molar-refractivity contribution in [2.75, 3.05) is 13.1 Å². The van der Waals surface area contributed by atoms with Crippen molar-refractivity contribution in [2.45, 2.75) is 45.6 Å². The summed E-state index contributed by atoms with van der Waals surface area (Å²) in [7, 11) is 0. The Labute approximate surface area is 147 Å². The van der Waals surface area contributed by atoms with Gasteiger partial charge in [-0.15, -0.1) is 0 Å². The maximum absolute atomic E-state index is 12.2. The molecule has 2 fully saturated rings. The fourth-order valence-electron chi connectivity index (χ4n) is 3.76. The van der Waals surface area contributed by atoms with Crippen LogP contribution in [0.1, 0.15) is 23.9 Å². The molecule has 0 spiro atoms. The summed E-state index contributed by atoms with van der Waals surface area (Å²) in [4.78, 5) is 20.7. The maximum Gasteiger partial charge on any atom is 0.410 e. The second-order valence-corrected chi connectivity index (χ2v) is 6.70. The average Bonchev–Trinajstić information content (AvgIpc) is 3.25. The van der Waals surface area contributed by atoms with Crippen molar-refractivity contribution in [3.8, 4) is 0 Å². The average molecular weight is 341 g/mol. The minimum atomic E-state index is -0.227. The Bertz CT molecular complexity index is 760. The third-order valence-electron chi connectivity index (χ3n) is 5.16. The predicted octanol–water partition coefficient (Wildman–Crippen LogP) is 1.81. The van der Waals surface area contributed by atoms with Crippen molar-refractivity contribution in [2.24, 2.45) is 0 Å². The number of nitrogens with zero attached hydrogens (tertiary/aromatic N) is 5. The summed E-state index contributed by atoms with van der Waals surface area (Å²) >= 11 is 0. The first-order valence-corrected chi connectivity index (χ1v) is 8.76. The monoisotopic (exact) mass is 341 g/mol. The number of aryl methyl sites for hydroxylation is 1. The lowest BCUT2D eigenvalue weighted by atomic mass is 10.2. The number of likely N-dealkylation sites (tertiary alicyclic amines) is 1. The summed E-state index contributed by atoms with van der Waals surface area (Å²) in [6.07, 6.45) is 3.42. The van der Waals surface area contributed by atoms with Crippen LogP contribution >= 0.6 is 0 Å². The molecule has 0 aromatic carbocycles. The molecule has 0 saturated carbocycles. The summed E-state index contributed by atoms with van der Waals surface area (Å²) in [6.45, 7) is 8.02. The molecular weight excluding hydrogens is 318 g/mol. The van der Waals surface area contributed by atoms with Crippen LogP contribution in [0.5, 0.6) is 0 Å². The quantitative estimate of drug-likeness (QED) is 0.830. The Balaban J connectivity index is 1.44. The number of carbonyl (C=O) groups excluding carboxylic acids is 1. The van der Waals surface area contributed by atoms with Gasteiger partial charge in [-0.2, -0.15) is 5.10 Å².